The van der Waals surface area contributed by atoms with Crippen molar-refractivity contribution in [1.82, 2.24) is 5.32 Å². The Kier molecular flexibility index (Phi) is 7.15. The summed E-state index contributed by atoms with van der Waals surface area (Å²) in [7, 11) is 0. The number of carbonyl (C=O) groups is 3. The smallest absolute Gasteiger partial charge is 0.248 e. The average molecular weight is 583 g/mol. The molecular weight excluding hydrogens is 554 g/mol. The Morgan fingerprint density at radius 3 is 2.42 bits per heavy atom. The highest BCUT2D eigenvalue weighted by Gasteiger charge is 2.66. The summed E-state index contributed by atoms with van der Waals surface area (Å²) in [5, 5.41) is 9.56. The van der Waals surface area contributed by atoms with Crippen molar-refractivity contribution in [2.75, 3.05) is 10.6 Å². The van der Waals surface area contributed by atoms with Crippen LogP contribution in [0.1, 0.15) is 54.6 Å². The van der Waals surface area contributed by atoms with Crippen LogP contribution in [0.4, 0.5) is 15.8 Å². The quantitative estimate of drug-likeness (QED) is 0.312. The number of nitrogens with two attached hydrogens (primary N) is 1. The van der Waals surface area contributed by atoms with Crippen LogP contribution in [0.15, 0.2) is 60.7 Å². The molecule has 0 bridgehead atoms. The van der Waals surface area contributed by atoms with Crippen molar-refractivity contribution in [3.63, 3.8) is 0 Å². The van der Waals surface area contributed by atoms with Crippen molar-refractivity contribution in [2.45, 2.75) is 50.6 Å². The normalized spacial score (nSPS) is 23.6. The van der Waals surface area contributed by atoms with E-state index in [1.807, 2.05) is 20.8 Å². The number of fused-ring (bicyclic) bond motifs is 2. The van der Waals surface area contributed by atoms with Crippen molar-refractivity contribution in [2.24, 2.45) is 11.1 Å². The fraction of sp³-hybridized carbons (Fsp3) is 0.300. The van der Waals surface area contributed by atoms with Crippen LogP contribution < -0.4 is 21.7 Å². The third-order valence-corrected chi connectivity index (χ3v) is 8.18. The van der Waals surface area contributed by atoms with Gasteiger partial charge in [-0.3, -0.25) is 14.4 Å². The van der Waals surface area contributed by atoms with Gasteiger partial charge in [0.1, 0.15) is 11.2 Å². The van der Waals surface area contributed by atoms with E-state index < -0.39 is 41.0 Å². The van der Waals surface area contributed by atoms with E-state index in [1.54, 1.807) is 42.5 Å². The summed E-state index contributed by atoms with van der Waals surface area (Å²) in [4.78, 5) is 39.6. The summed E-state index contributed by atoms with van der Waals surface area (Å²) < 4.78 is 15.8. The summed E-state index contributed by atoms with van der Waals surface area (Å²) in [6.45, 7) is 6.13. The molecule has 5 rings (SSSR count). The summed E-state index contributed by atoms with van der Waals surface area (Å²) in [6, 6.07) is 14.3. The Labute approximate surface area is 241 Å². The summed E-state index contributed by atoms with van der Waals surface area (Å²) >= 11 is 12.5. The number of hydrogen-bond donors (Lipinski definition) is 4. The first-order valence-electron chi connectivity index (χ1n) is 12.8. The monoisotopic (exact) mass is 582 g/mol. The van der Waals surface area contributed by atoms with Crippen LogP contribution in [-0.4, -0.2) is 29.8 Å². The molecule has 0 unspecified atom stereocenters. The van der Waals surface area contributed by atoms with Crippen molar-refractivity contribution in [3.8, 4) is 0 Å². The third-order valence-electron chi connectivity index (χ3n) is 7.66. The molecule has 3 aromatic rings. The molecule has 0 radical (unpaired) electrons. The first kappa shape index (κ1) is 28.1. The second-order valence-corrected chi connectivity index (χ2v) is 12.4. The number of halogens is 3. The third kappa shape index (κ3) is 4.74. The molecule has 3 amide bonds. The molecule has 2 heterocycles. The van der Waals surface area contributed by atoms with Crippen LogP contribution in [0.3, 0.4) is 0 Å². The van der Waals surface area contributed by atoms with E-state index in [-0.39, 0.29) is 27.5 Å². The molecule has 1 saturated heterocycles. The lowest BCUT2D eigenvalue weighted by molar-refractivity contribution is -0.122. The van der Waals surface area contributed by atoms with E-state index in [0.29, 0.717) is 28.4 Å². The molecule has 1 spiro atoms. The molecule has 0 aliphatic carbocycles. The predicted molar refractivity (Wildman–Crippen MR) is 154 cm³/mol. The largest absolute Gasteiger partial charge is 0.366 e. The molecule has 208 valence electrons. The molecule has 40 heavy (non-hydrogen) atoms. The number of amides is 3. The van der Waals surface area contributed by atoms with E-state index in [2.05, 4.69) is 16.0 Å². The molecule has 4 atom stereocenters. The van der Waals surface area contributed by atoms with E-state index in [0.717, 1.165) is 0 Å². The van der Waals surface area contributed by atoms with E-state index in [1.165, 1.54) is 18.2 Å². The molecule has 2 aliphatic heterocycles. The maximum absolute atomic E-state index is 15.8. The second kappa shape index (κ2) is 10.2. The summed E-state index contributed by atoms with van der Waals surface area (Å²) in [5.41, 5.74) is 5.74. The summed E-state index contributed by atoms with van der Waals surface area (Å²) in [5.74, 6) is -3.07. The lowest BCUT2D eigenvalue weighted by Gasteiger charge is -2.37. The number of nitrogens with one attached hydrogen (secondary N) is 3. The molecule has 7 nitrogen and oxygen atoms in total. The predicted octanol–water partition coefficient (Wildman–Crippen LogP) is 5.62. The van der Waals surface area contributed by atoms with Crippen molar-refractivity contribution >= 4 is 52.3 Å². The van der Waals surface area contributed by atoms with E-state index in [9.17, 15) is 14.4 Å². The van der Waals surface area contributed by atoms with Gasteiger partial charge in [-0.15, -0.1) is 0 Å². The van der Waals surface area contributed by atoms with Gasteiger partial charge in [-0.05, 0) is 65.4 Å². The zero-order valence-electron chi connectivity index (χ0n) is 22.1. The average Bonchev–Trinajstić information content (AvgIpc) is 3.35. The van der Waals surface area contributed by atoms with Gasteiger partial charge < -0.3 is 21.7 Å². The van der Waals surface area contributed by atoms with Gasteiger partial charge in [0.25, 0.3) is 0 Å². The molecule has 2 aliphatic rings. The van der Waals surface area contributed by atoms with Crippen LogP contribution in [0.2, 0.25) is 10.0 Å². The van der Waals surface area contributed by atoms with Crippen LogP contribution in [0, 0.1) is 11.2 Å². The number of benzene rings is 3. The van der Waals surface area contributed by atoms with Crippen LogP contribution in [0.25, 0.3) is 0 Å². The van der Waals surface area contributed by atoms with Crippen LogP contribution in [-0.2, 0) is 15.0 Å². The number of carbonyl (C=O) groups excluding carboxylic acids is 3. The maximum Gasteiger partial charge on any atom is 0.248 e. The first-order chi connectivity index (χ1) is 18.8. The number of rotatable bonds is 5. The van der Waals surface area contributed by atoms with Gasteiger partial charge in [0.15, 0.2) is 0 Å². The fourth-order valence-electron chi connectivity index (χ4n) is 6.09. The minimum absolute atomic E-state index is 0.108. The molecule has 1 fully saturated rings. The topological polar surface area (TPSA) is 113 Å². The standard InChI is InChI=1S/C30H29Cl2FN4O3/c1-29(2,3)14-22-30(19-12-9-16(31)13-21(19)36-28(30)40)23(18-5-4-6-20(32)24(18)33)25(37-22)27(39)35-17-10-7-15(8-11-17)26(34)38/h4-13,22-23,25,37H,14H2,1-3H3,(H2,34,38)(H,35,39)(H,36,40)/t22-,23+,25-,30+/m1/s1. The van der Waals surface area contributed by atoms with E-state index >= 15 is 4.39 Å². The Balaban J connectivity index is 1.69. The highest BCUT2D eigenvalue weighted by atomic mass is 35.5. The minimum Gasteiger partial charge on any atom is -0.366 e. The first-order valence-corrected chi connectivity index (χ1v) is 13.6. The van der Waals surface area contributed by atoms with Crippen molar-refractivity contribution in [1.29, 1.82) is 0 Å². The van der Waals surface area contributed by atoms with Crippen molar-refractivity contribution in [3.05, 3.63) is 93.2 Å². The fourth-order valence-corrected chi connectivity index (χ4v) is 6.44. The number of anilines is 2. The maximum atomic E-state index is 15.8. The Bertz CT molecular complexity index is 1520. The number of hydrogen-bond acceptors (Lipinski definition) is 4. The zero-order chi connectivity index (χ0) is 29.0. The van der Waals surface area contributed by atoms with Gasteiger partial charge in [0.2, 0.25) is 17.7 Å². The van der Waals surface area contributed by atoms with Crippen LogP contribution in [0.5, 0.6) is 0 Å². The molecule has 0 aromatic heterocycles. The van der Waals surface area contributed by atoms with Gasteiger partial charge in [-0.2, -0.15) is 0 Å². The van der Waals surface area contributed by atoms with Crippen LogP contribution >= 0.6 is 23.2 Å². The van der Waals surface area contributed by atoms with Gasteiger partial charge in [-0.25, -0.2) is 4.39 Å². The molecule has 5 N–H and O–H groups in total. The Morgan fingerprint density at radius 1 is 1.07 bits per heavy atom. The molecule has 10 heteroatoms. The SMILES string of the molecule is CC(C)(C)C[C@H]1N[C@@H](C(=O)Nc2ccc(C(N)=O)cc2)[C@H](c2cccc(Cl)c2F)[C@@]12C(=O)Nc1cc(Cl)ccc12. The van der Waals surface area contributed by atoms with E-state index in [4.69, 9.17) is 28.9 Å². The zero-order valence-corrected chi connectivity index (χ0v) is 23.7. The van der Waals surface area contributed by atoms with Gasteiger partial charge >= 0.3 is 0 Å². The lowest BCUT2D eigenvalue weighted by Crippen LogP contribution is -2.49. The summed E-state index contributed by atoms with van der Waals surface area (Å²) in [6.07, 6.45) is 0.498. The highest BCUT2D eigenvalue weighted by Crippen LogP contribution is 2.57. The van der Waals surface area contributed by atoms with Gasteiger partial charge in [-0.1, -0.05) is 62.2 Å². The van der Waals surface area contributed by atoms with Gasteiger partial charge in [0, 0.05) is 33.9 Å². The van der Waals surface area contributed by atoms with Gasteiger partial charge in [0.05, 0.1) is 11.1 Å². The molecular formula is C30H29Cl2FN4O3. The second-order valence-electron chi connectivity index (χ2n) is 11.5. The lowest BCUT2D eigenvalue weighted by atomic mass is 9.62. The molecule has 3 aromatic carbocycles. The highest BCUT2D eigenvalue weighted by molar-refractivity contribution is 6.31. The Hall–Kier alpha value is -3.46. The number of primary amides is 1. The molecule has 0 saturated carbocycles. The van der Waals surface area contributed by atoms with Crippen molar-refractivity contribution < 1.29 is 18.8 Å². The Morgan fingerprint density at radius 2 is 1.77 bits per heavy atom. The minimum atomic E-state index is -1.35.